The molecule has 0 spiro atoms. The van der Waals surface area contributed by atoms with Gasteiger partial charge < -0.3 is 25.3 Å². The Morgan fingerprint density at radius 2 is 1.90 bits per heavy atom. The lowest BCUT2D eigenvalue weighted by Crippen LogP contribution is -2.45. The highest BCUT2D eigenvalue weighted by molar-refractivity contribution is 5.65. The van der Waals surface area contributed by atoms with Crippen molar-refractivity contribution in [3.05, 3.63) is 36.2 Å². The fourth-order valence-corrected chi connectivity index (χ4v) is 4.08. The fraction of sp³-hybridized carbons (Fsp3) is 0.455. The lowest BCUT2D eigenvalue weighted by atomic mass is 10.1. The van der Waals surface area contributed by atoms with Gasteiger partial charge >= 0.3 is 0 Å². The highest BCUT2D eigenvalue weighted by Gasteiger charge is 2.22. The number of nitriles is 1. The number of hydrogen-bond donors (Lipinski definition) is 2. The van der Waals surface area contributed by atoms with Crippen LogP contribution in [0.15, 0.2) is 30.5 Å². The largest absolute Gasteiger partial charge is 0.369 e. The van der Waals surface area contributed by atoms with Crippen molar-refractivity contribution in [3.8, 4) is 6.07 Å². The van der Waals surface area contributed by atoms with Crippen molar-refractivity contribution < 1.29 is 4.79 Å². The molecule has 0 saturated carbocycles. The molecule has 1 aromatic carbocycles. The first-order chi connectivity index (χ1) is 15.2. The molecule has 31 heavy (non-hydrogen) atoms. The number of piperazine rings is 1. The number of likely N-dealkylation sites (N-methyl/N-ethyl adjacent to an activating group) is 1. The summed E-state index contributed by atoms with van der Waals surface area (Å²) in [5.74, 6) is 1.14. The summed E-state index contributed by atoms with van der Waals surface area (Å²) >= 11 is 0. The Morgan fingerprint density at radius 3 is 2.61 bits per heavy atom. The Hall–Kier alpha value is -3.38. The highest BCUT2D eigenvalue weighted by Crippen LogP contribution is 2.25. The zero-order valence-corrected chi connectivity index (χ0v) is 17.8. The van der Waals surface area contributed by atoms with E-state index in [9.17, 15) is 10.1 Å². The minimum atomic E-state index is 0.0993. The molecule has 1 aromatic heterocycles. The summed E-state index contributed by atoms with van der Waals surface area (Å²) < 4.78 is 0. The van der Waals surface area contributed by atoms with Gasteiger partial charge in [-0.1, -0.05) is 0 Å². The fourth-order valence-electron chi connectivity index (χ4n) is 4.08. The van der Waals surface area contributed by atoms with E-state index in [1.165, 1.54) is 5.69 Å². The van der Waals surface area contributed by atoms with Gasteiger partial charge in [0.1, 0.15) is 11.9 Å². The minimum Gasteiger partial charge on any atom is -0.369 e. The Labute approximate surface area is 182 Å². The maximum atomic E-state index is 10.8. The molecule has 1 amide bonds. The van der Waals surface area contributed by atoms with Crippen LogP contribution in [0.25, 0.3) is 0 Å². The SMILES string of the molecule is CN1CCN(c2ccc(Nc3nc(N4CCC[C@@H](NC=O)C4)cnc3C#N)cc2)CC1. The van der Waals surface area contributed by atoms with Gasteiger partial charge in [0, 0.05) is 56.7 Å². The summed E-state index contributed by atoms with van der Waals surface area (Å²) in [7, 11) is 2.15. The van der Waals surface area contributed by atoms with Gasteiger partial charge in [-0.3, -0.25) is 4.79 Å². The number of aromatic nitrogens is 2. The molecule has 3 heterocycles. The number of carbonyl (C=O) groups is 1. The van der Waals surface area contributed by atoms with E-state index in [4.69, 9.17) is 0 Å². The van der Waals surface area contributed by atoms with E-state index >= 15 is 0 Å². The number of benzene rings is 1. The molecule has 9 nitrogen and oxygen atoms in total. The van der Waals surface area contributed by atoms with Gasteiger partial charge in [-0.2, -0.15) is 5.26 Å². The van der Waals surface area contributed by atoms with Crippen LogP contribution in [0.3, 0.4) is 0 Å². The predicted molar refractivity (Wildman–Crippen MR) is 121 cm³/mol. The van der Waals surface area contributed by atoms with Gasteiger partial charge in [-0.05, 0) is 44.2 Å². The summed E-state index contributed by atoms with van der Waals surface area (Å²) in [5.41, 5.74) is 2.31. The first-order valence-corrected chi connectivity index (χ1v) is 10.7. The number of carbonyl (C=O) groups excluding carboxylic acids is 1. The van der Waals surface area contributed by atoms with Crippen molar-refractivity contribution >= 4 is 29.4 Å². The van der Waals surface area contributed by atoms with E-state index in [-0.39, 0.29) is 11.7 Å². The summed E-state index contributed by atoms with van der Waals surface area (Å²) in [6.07, 6.45) is 4.29. The molecule has 0 bridgehead atoms. The number of nitrogens with one attached hydrogen (secondary N) is 2. The molecular weight excluding hydrogens is 392 g/mol. The number of amides is 1. The summed E-state index contributed by atoms with van der Waals surface area (Å²) in [4.78, 5) is 26.6. The van der Waals surface area contributed by atoms with Gasteiger partial charge in [0.2, 0.25) is 6.41 Å². The smallest absolute Gasteiger partial charge is 0.207 e. The van der Waals surface area contributed by atoms with Crippen molar-refractivity contribution in [1.82, 2.24) is 20.2 Å². The second kappa shape index (κ2) is 9.62. The lowest BCUT2D eigenvalue weighted by molar-refractivity contribution is -0.110. The van der Waals surface area contributed by atoms with Gasteiger partial charge in [0.05, 0.1) is 6.20 Å². The molecule has 0 radical (unpaired) electrons. The molecular formula is C22H28N8O. The molecule has 1 atom stereocenters. The summed E-state index contributed by atoms with van der Waals surface area (Å²) in [6, 6.07) is 10.4. The maximum Gasteiger partial charge on any atom is 0.207 e. The average Bonchev–Trinajstić information content (AvgIpc) is 2.80. The molecule has 9 heteroatoms. The van der Waals surface area contributed by atoms with Crippen molar-refractivity contribution in [3.63, 3.8) is 0 Å². The van der Waals surface area contributed by atoms with Crippen LogP contribution in [0.2, 0.25) is 0 Å². The van der Waals surface area contributed by atoms with Crippen LogP contribution < -0.4 is 20.4 Å². The molecule has 2 aromatic rings. The molecule has 4 rings (SSSR count). The van der Waals surface area contributed by atoms with Crippen molar-refractivity contribution in [2.45, 2.75) is 18.9 Å². The number of hydrogen-bond acceptors (Lipinski definition) is 8. The second-order valence-electron chi connectivity index (χ2n) is 8.07. The maximum absolute atomic E-state index is 10.8. The number of anilines is 4. The molecule has 0 unspecified atom stereocenters. The van der Waals surface area contributed by atoms with E-state index in [1.807, 2.05) is 12.1 Å². The second-order valence-corrected chi connectivity index (χ2v) is 8.07. The normalized spacial score (nSPS) is 19.5. The number of nitrogens with zero attached hydrogens (tertiary/aromatic N) is 6. The molecule has 2 aliphatic heterocycles. The first kappa shape index (κ1) is 20.9. The van der Waals surface area contributed by atoms with Crippen LogP contribution in [0.4, 0.5) is 23.0 Å². The molecule has 2 N–H and O–H groups in total. The minimum absolute atomic E-state index is 0.0993. The third kappa shape index (κ3) is 5.03. The first-order valence-electron chi connectivity index (χ1n) is 10.7. The Bertz CT molecular complexity index is 934. The quantitative estimate of drug-likeness (QED) is 0.679. The number of rotatable bonds is 6. The van der Waals surface area contributed by atoms with E-state index in [0.717, 1.165) is 57.7 Å². The zero-order valence-electron chi connectivity index (χ0n) is 17.8. The Kier molecular flexibility index (Phi) is 6.48. The number of piperidine rings is 1. The van der Waals surface area contributed by atoms with Crippen molar-refractivity contribution in [2.24, 2.45) is 0 Å². The molecule has 0 aliphatic carbocycles. The topological polar surface area (TPSA) is 100 Å². The van der Waals surface area contributed by atoms with Gasteiger partial charge in [-0.15, -0.1) is 0 Å². The van der Waals surface area contributed by atoms with Gasteiger partial charge in [-0.25, -0.2) is 9.97 Å². The summed E-state index contributed by atoms with van der Waals surface area (Å²) in [5, 5.41) is 15.6. The van der Waals surface area contributed by atoms with Crippen LogP contribution in [0.5, 0.6) is 0 Å². The van der Waals surface area contributed by atoms with Crippen LogP contribution in [0, 0.1) is 11.3 Å². The van der Waals surface area contributed by atoms with E-state index < -0.39 is 0 Å². The molecule has 2 aliphatic rings. The van der Waals surface area contributed by atoms with E-state index in [0.29, 0.717) is 18.2 Å². The Morgan fingerprint density at radius 1 is 1.13 bits per heavy atom. The van der Waals surface area contributed by atoms with E-state index in [2.05, 4.69) is 60.6 Å². The third-order valence-corrected chi connectivity index (χ3v) is 5.91. The molecule has 162 valence electrons. The monoisotopic (exact) mass is 420 g/mol. The zero-order chi connectivity index (χ0) is 21.6. The van der Waals surface area contributed by atoms with Crippen molar-refractivity contribution in [2.75, 3.05) is 61.4 Å². The molecule has 2 saturated heterocycles. The van der Waals surface area contributed by atoms with Crippen molar-refractivity contribution in [1.29, 1.82) is 5.26 Å². The predicted octanol–water partition coefficient (Wildman–Crippen LogP) is 1.56. The van der Waals surface area contributed by atoms with Crippen LogP contribution >= 0.6 is 0 Å². The van der Waals surface area contributed by atoms with Gasteiger partial charge in [0.15, 0.2) is 11.5 Å². The van der Waals surface area contributed by atoms with Crippen LogP contribution in [-0.2, 0) is 4.79 Å². The average molecular weight is 421 g/mol. The van der Waals surface area contributed by atoms with E-state index in [1.54, 1.807) is 6.20 Å². The Balaban J connectivity index is 1.48. The lowest BCUT2D eigenvalue weighted by Gasteiger charge is -2.34. The standard InChI is InChI=1S/C22H28N8O/c1-28-9-11-29(12-10-28)19-6-4-17(5-7-19)26-22-20(13-23)24-14-21(27-22)30-8-2-3-18(15-30)25-16-31/h4-7,14,16,18H,2-3,8-12,15H2,1H3,(H,25,31)(H,26,27)/t18-/m1/s1. The highest BCUT2D eigenvalue weighted by atomic mass is 16.1. The van der Waals surface area contributed by atoms with Gasteiger partial charge in [0.25, 0.3) is 0 Å². The molecule has 2 fully saturated rings. The third-order valence-electron chi connectivity index (χ3n) is 5.91. The van der Waals surface area contributed by atoms with Crippen LogP contribution in [-0.4, -0.2) is 73.6 Å². The summed E-state index contributed by atoms with van der Waals surface area (Å²) in [6.45, 7) is 5.69. The van der Waals surface area contributed by atoms with Crippen LogP contribution in [0.1, 0.15) is 18.5 Å².